The van der Waals surface area contributed by atoms with Crippen LogP contribution in [0.2, 0.25) is 0 Å². The van der Waals surface area contributed by atoms with Gasteiger partial charge in [-0.25, -0.2) is 4.79 Å². The van der Waals surface area contributed by atoms with Gasteiger partial charge in [-0.2, -0.15) is 0 Å². The summed E-state index contributed by atoms with van der Waals surface area (Å²) in [4.78, 5) is 46.6. The molecule has 1 atom stereocenters. The lowest BCUT2D eigenvalue weighted by Crippen LogP contribution is -2.51. The van der Waals surface area contributed by atoms with Gasteiger partial charge in [0.2, 0.25) is 0 Å². The van der Waals surface area contributed by atoms with Crippen molar-refractivity contribution < 1.29 is 23.9 Å². The normalized spacial score (nSPS) is 14.5. The molecule has 0 aliphatic carbocycles. The first-order chi connectivity index (χ1) is 13.9. The molecule has 3 N–H and O–H groups in total. The van der Waals surface area contributed by atoms with Crippen LogP contribution in [0.5, 0.6) is 5.75 Å². The van der Waals surface area contributed by atoms with Crippen LogP contribution in [-0.2, 0) is 14.4 Å². The zero-order valence-electron chi connectivity index (χ0n) is 15.6. The summed E-state index contributed by atoms with van der Waals surface area (Å²) in [7, 11) is 0. The number of nitrogens with one attached hydrogen (secondary N) is 3. The lowest BCUT2D eigenvalue weighted by molar-refractivity contribution is -0.125. The number of imide groups is 2. The summed E-state index contributed by atoms with van der Waals surface area (Å²) in [5.41, 5.74) is 1.39. The summed E-state index contributed by atoms with van der Waals surface area (Å²) >= 11 is 0. The minimum Gasteiger partial charge on any atom is -0.484 e. The van der Waals surface area contributed by atoms with Crippen LogP contribution in [-0.4, -0.2) is 30.4 Å². The largest absolute Gasteiger partial charge is 0.484 e. The molecule has 148 valence electrons. The zero-order valence-corrected chi connectivity index (χ0v) is 15.6. The van der Waals surface area contributed by atoms with E-state index in [1.165, 1.54) is 6.08 Å². The minimum atomic E-state index is -0.847. The predicted molar refractivity (Wildman–Crippen MR) is 105 cm³/mol. The van der Waals surface area contributed by atoms with Crippen molar-refractivity contribution in [1.29, 1.82) is 0 Å². The molecule has 0 bridgehead atoms. The molecule has 0 aromatic heterocycles. The molecule has 5 amide bonds. The third kappa shape index (κ3) is 5.29. The fourth-order valence-corrected chi connectivity index (χ4v) is 2.69. The SMILES string of the molecule is CC(NC(=O)COc1ccc(C=C2C(=O)NC(=O)NC2=O)cc1)c1ccccc1. The Morgan fingerprint density at radius 1 is 1.00 bits per heavy atom. The maximum atomic E-state index is 12.1. The Hall–Kier alpha value is -3.94. The van der Waals surface area contributed by atoms with E-state index in [-0.39, 0.29) is 24.1 Å². The average molecular weight is 393 g/mol. The van der Waals surface area contributed by atoms with E-state index in [0.29, 0.717) is 11.3 Å². The van der Waals surface area contributed by atoms with Crippen LogP contribution in [0.4, 0.5) is 4.79 Å². The number of amides is 5. The van der Waals surface area contributed by atoms with Gasteiger partial charge >= 0.3 is 6.03 Å². The Labute approximate surface area is 166 Å². The van der Waals surface area contributed by atoms with Crippen LogP contribution < -0.4 is 20.7 Å². The van der Waals surface area contributed by atoms with Crippen LogP contribution in [0.25, 0.3) is 6.08 Å². The van der Waals surface area contributed by atoms with Gasteiger partial charge in [-0.3, -0.25) is 25.0 Å². The third-order valence-corrected chi connectivity index (χ3v) is 4.18. The Bertz CT molecular complexity index is 946. The lowest BCUT2D eigenvalue weighted by Gasteiger charge is -2.15. The van der Waals surface area contributed by atoms with E-state index in [4.69, 9.17) is 4.74 Å². The number of rotatable bonds is 6. The number of ether oxygens (including phenoxy) is 1. The molecule has 8 heteroatoms. The third-order valence-electron chi connectivity index (χ3n) is 4.18. The predicted octanol–water partition coefficient (Wildman–Crippen LogP) is 1.69. The average Bonchev–Trinajstić information content (AvgIpc) is 2.70. The topological polar surface area (TPSA) is 114 Å². The molecule has 0 spiro atoms. The van der Waals surface area contributed by atoms with Crippen molar-refractivity contribution in [2.75, 3.05) is 6.61 Å². The van der Waals surface area contributed by atoms with Gasteiger partial charge in [0.15, 0.2) is 6.61 Å². The van der Waals surface area contributed by atoms with Gasteiger partial charge < -0.3 is 10.1 Å². The van der Waals surface area contributed by atoms with E-state index in [1.807, 2.05) is 47.9 Å². The van der Waals surface area contributed by atoms with Crippen molar-refractivity contribution in [2.24, 2.45) is 0 Å². The lowest BCUT2D eigenvalue weighted by atomic mass is 10.1. The zero-order chi connectivity index (χ0) is 20.8. The second-order valence-electron chi connectivity index (χ2n) is 6.35. The monoisotopic (exact) mass is 393 g/mol. The number of benzene rings is 2. The Morgan fingerprint density at radius 2 is 1.62 bits per heavy atom. The summed E-state index contributed by atoms with van der Waals surface area (Å²) < 4.78 is 5.47. The van der Waals surface area contributed by atoms with Crippen molar-refractivity contribution in [3.63, 3.8) is 0 Å². The highest BCUT2D eigenvalue weighted by Gasteiger charge is 2.27. The molecule has 0 saturated carbocycles. The molecule has 3 rings (SSSR count). The summed E-state index contributed by atoms with van der Waals surface area (Å²) in [6.07, 6.45) is 1.36. The molecule has 2 aromatic carbocycles. The van der Waals surface area contributed by atoms with Crippen molar-refractivity contribution in [1.82, 2.24) is 16.0 Å². The van der Waals surface area contributed by atoms with Crippen LogP contribution >= 0.6 is 0 Å². The summed E-state index contributed by atoms with van der Waals surface area (Å²) in [5.74, 6) is -1.32. The Morgan fingerprint density at radius 3 is 2.24 bits per heavy atom. The maximum absolute atomic E-state index is 12.1. The molecule has 8 nitrogen and oxygen atoms in total. The van der Waals surface area contributed by atoms with Crippen molar-refractivity contribution in [3.8, 4) is 5.75 Å². The Balaban J connectivity index is 1.55. The van der Waals surface area contributed by atoms with Gasteiger partial charge in [0.1, 0.15) is 11.3 Å². The number of urea groups is 1. The first-order valence-corrected chi connectivity index (χ1v) is 8.88. The quantitative estimate of drug-likeness (QED) is 0.511. The van der Waals surface area contributed by atoms with Gasteiger partial charge in [-0.05, 0) is 36.3 Å². The number of barbiturate groups is 1. The van der Waals surface area contributed by atoms with E-state index in [0.717, 1.165) is 5.56 Å². The first kappa shape index (κ1) is 19.8. The maximum Gasteiger partial charge on any atom is 0.328 e. The van der Waals surface area contributed by atoms with Crippen molar-refractivity contribution >= 4 is 29.8 Å². The first-order valence-electron chi connectivity index (χ1n) is 8.88. The smallest absolute Gasteiger partial charge is 0.328 e. The second kappa shape index (κ2) is 8.83. The molecule has 1 fully saturated rings. The van der Waals surface area contributed by atoms with E-state index in [1.54, 1.807) is 24.3 Å². The highest BCUT2D eigenvalue weighted by atomic mass is 16.5. The van der Waals surface area contributed by atoms with E-state index in [2.05, 4.69) is 5.32 Å². The number of carbonyl (C=O) groups excluding carboxylic acids is 4. The number of hydrogen-bond acceptors (Lipinski definition) is 5. The fraction of sp³-hybridized carbons (Fsp3) is 0.143. The van der Waals surface area contributed by atoms with Gasteiger partial charge in [-0.15, -0.1) is 0 Å². The van der Waals surface area contributed by atoms with Crippen molar-refractivity contribution in [2.45, 2.75) is 13.0 Å². The van der Waals surface area contributed by atoms with E-state index < -0.39 is 17.8 Å². The molecule has 1 heterocycles. The highest BCUT2D eigenvalue weighted by molar-refractivity contribution is 6.31. The Kier molecular flexibility index (Phi) is 6.03. The van der Waals surface area contributed by atoms with E-state index >= 15 is 0 Å². The second-order valence-corrected chi connectivity index (χ2v) is 6.35. The number of carbonyl (C=O) groups is 4. The molecule has 1 aliphatic heterocycles. The molecule has 1 saturated heterocycles. The number of hydrogen-bond donors (Lipinski definition) is 3. The molecule has 0 radical (unpaired) electrons. The standard InChI is InChI=1S/C21H19N3O5/c1-13(15-5-3-2-4-6-15)22-18(25)12-29-16-9-7-14(8-10-16)11-17-19(26)23-21(28)24-20(17)27/h2-11,13H,12H2,1H3,(H,22,25)(H2,23,24,26,27,28). The van der Waals surface area contributed by atoms with Gasteiger partial charge in [0.05, 0.1) is 6.04 Å². The minimum absolute atomic E-state index is 0.138. The van der Waals surface area contributed by atoms with Crippen LogP contribution in [0.15, 0.2) is 60.2 Å². The summed E-state index contributed by atoms with van der Waals surface area (Å²) in [6.45, 7) is 1.74. The van der Waals surface area contributed by atoms with E-state index in [9.17, 15) is 19.2 Å². The molecular formula is C21H19N3O5. The molecular weight excluding hydrogens is 374 g/mol. The van der Waals surface area contributed by atoms with Gasteiger partial charge in [-0.1, -0.05) is 42.5 Å². The highest BCUT2D eigenvalue weighted by Crippen LogP contribution is 2.16. The van der Waals surface area contributed by atoms with Crippen molar-refractivity contribution in [3.05, 3.63) is 71.3 Å². The molecule has 1 aliphatic rings. The molecule has 1 unspecified atom stereocenters. The van der Waals surface area contributed by atoms with Crippen LogP contribution in [0, 0.1) is 0 Å². The van der Waals surface area contributed by atoms with Crippen LogP contribution in [0.3, 0.4) is 0 Å². The van der Waals surface area contributed by atoms with Gasteiger partial charge in [0.25, 0.3) is 17.7 Å². The van der Waals surface area contributed by atoms with Gasteiger partial charge in [0, 0.05) is 0 Å². The molecule has 29 heavy (non-hydrogen) atoms. The summed E-state index contributed by atoms with van der Waals surface area (Å²) in [5, 5.41) is 6.86. The van der Waals surface area contributed by atoms with Crippen LogP contribution in [0.1, 0.15) is 24.1 Å². The fourth-order valence-electron chi connectivity index (χ4n) is 2.69. The molecule has 2 aromatic rings. The summed E-state index contributed by atoms with van der Waals surface area (Å²) in [6, 6.07) is 15.1.